The number of fused-ring (bicyclic) bond motifs is 1. The third-order valence-corrected chi connectivity index (χ3v) is 1.56. The Morgan fingerprint density at radius 2 is 2.60 bits per heavy atom. The van der Waals surface area contributed by atoms with E-state index in [4.69, 9.17) is 0 Å². The maximum absolute atomic E-state index is 4.09. The maximum Gasteiger partial charge on any atom is 0.156 e. The Hall–Kier alpha value is -1.32. The van der Waals surface area contributed by atoms with Crippen molar-refractivity contribution in [1.82, 2.24) is 9.97 Å². The molecule has 0 aromatic carbocycles. The first-order valence-electron chi connectivity index (χ1n) is 3.13. The molecule has 0 fully saturated rings. The van der Waals surface area contributed by atoms with E-state index in [1.807, 2.05) is 11.9 Å². The van der Waals surface area contributed by atoms with E-state index in [2.05, 4.69) is 15.3 Å². The quantitative estimate of drug-likeness (QED) is 0.556. The molecular weight excluding hydrogens is 128 g/mol. The first-order valence-corrected chi connectivity index (χ1v) is 3.13. The number of hydrogen-bond donors (Lipinski definition) is 1. The predicted molar refractivity (Wildman–Crippen MR) is 38.9 cm³/mol. The Kier molecular flexibility index (Phi) is 1.00. The van der Waals surface area contributed by atoms with Gasteiger partial charge in [-0.3, -0.25) is 0 Å². The minimum atomic E-state index is 0.827. The summed E-state index contributed by atoms with van der Waals surface area (Å²) in [7, 11) is 1.99. The van der Waals surface area contributed by atoms with E-state index >= 15 is 0 Å². The van der Waals surface area contributed by atoms with Gasteiger partial charge in [-0.2, -0.15) is 0 Å². The van der Waals surface area contributed by atoms with E-state index in [0.29, 0.717) is 0 Å². The number of rotatable bonds is 0. The zero-order valence-electron chi connectivity index (χ0n) is 5.70. The monoisotopic (exact) mass is 136 g/mol. The van der Waals surface area contributed by atoms with Crippen molar-refractivity contribution in [2.75, 3.05) is 23.9 Å². The second-order valence-electron chi connectivity index (χ2n) is 2.29. The van der Waals surface area contributed by atoms with Crippen LogP contribution in [0, 0.1) is 0 Å². The first kappa shape index (κ1) is 5.46. The van der Waals surface area contributed by atoms with Gasteiger partial charge in [-0.15, -0.1) is 0 Å². The molecule has 1 N–H and O–H groups in total. The normalized spacial score (nSPS) is 14.7. The van der Waals surface area contributed by atoms with E-state index in [1.54, 1.807) is 12.5 Å². The Morgan fingerprint density at radius 1 is 1.70 bits per heavy atom. The fourth-order valence-corrected chi connectivity index (χ4v) is 1.03. The summed E-state index contributed by atoms with van der Waals surface area (Å²) in [6, 6.07) is 0. The van der Waals surface area contributed by atoms with Crippen LogP contribution in [-0.4, -0.2) is 23.7 Å². The molecule has 0 bridgehead atoms. The molecule has 1 aromatic heterocycles. The maximum atomic E-state index is 4.09. The molecule has 0 unspecified atom stereocenters. The van der Waals surface area contributed by atoms with E-state index in [1.165, 1.54) is 0 Å². The third kappa shape index (κ3) is 0.618. The lowest BCUT2D eigenvalue weighted by molar-refractivity contribution is 1.00. The van der Waals surface area contributed by atoms with Gasteiger partial charge in [0.15, 0.2) is 5.82 Å². The van der Waals surface area contributed by atoms with Gasteiger partial charge >= 0.3 is 0 Å². The fourth-order valence-electron chi connectivity index (χ4n) is 1.03. The topological polar surface area (TPSA) is 41.0 Å². The minimum absolute atomic E-state index is 0.827. The number of aromatic nitrogens is 2. The summed E-state index contributed by atoms with van der Waals surface area (Å²) in [5.41, 5.74) is 1.02. The Balaban J connectivity index is 2.51. The highest BCUT2D eigenvalue weighted by Gasteiger charge is 2.14. The lowest BCUT2D eigenvalue weighted by atomic mass is 10.5. The molecule has 52 valence electrons. The van der Waals surface area contributed by atoms with Crippen LogP contribution in [0.3, 0.4) is 0 Å². The van der Waals surface area contributed by atoms with Gasteiger partial charge in [0.25, 0.3) is 0 Å². The summed E-state index contributed by atoms with van der Waals surface area (Å²) in [5.74, 6) is 0.981. The van der Waals surface area contributed by atoms with Crippen molar-refractivity contribution in [1.29, 1.82) is 0 Å². The zero-order chi connectivity index (χ0) is 6.97. The van der Waals surface area contributed by atoms with Crippen molar-refractivity contribution >= 4 is 11.5 Å². The van der Waals surface area contributed by atoms with Crippen LogP contribution in [0.15, 0.2) is 12.5 Å². The number of nitrogens with one attached hydrogen (secondary N) is 1. The lowest BCUT2D eigenvalue weighted by Crippen LogP contribution is -2.16. The molecule has 1 aliphatic heterocycles. The molecule has 0 aliphatic carbocycles. The van der Waals surface area contributed by atoms with Crippen LogP contribution in [0.4, 0.5) is 11.5 Å². The molecule has 0 atom stereocenters. The van der Waals surface area contributed by atoms with Crippen molar-refractivity contribution in [2.24, 2.45) is 0 Å². The molecule has 0 amide bonds. The summed E-state index contributed by atoms with van der Waals surface area (Å²) in [4.78, 5) is 10.0. The second kappa shape index (κ2) is 1.83. The van der Waals surface area contributed by atoms with Crippen LogP contribution in [-0.2, 0) is 0 Å². The summed E-state index contributed by atoms with van der Waals surface area (Å²) in [6.07, 6.45) is 3.34. The highest BCUT2D eigenvalue weighted by molar-refractivity contribution is 5.68. The van der Waals surface area contributed by atoms with Crippen LogP contribution in [0.2, 0.25) is 0 Å². The van der Waals surface area contributed by atoms with Crippen LogP contribution in [0.25, 0.3) is 0 Å². The Labute approximate surface area is 58.9 Å². The van der Waals surface area contributed by atoms with Crippen molar-refractivity contribution in [3.63, 3.8) is 0 Å². The number of nitrogens with zero attached hydrogens (tertiary/aromatic N) is 3. The smallest absolute Gasteiger partial charge is 0.156 e. The van der Waals surface area contributed by atoms with Gasteiger partial charge in [0.1, 0.15) is 6.33 Å². The van der Waals surface area contributed by atoms with Crippen LogP contribution in [0.1, 0.15) is 0 Å². The molecule has 4 nitrogen and oxygen atoms in total. The van der Waals surface area contributed by atoms with E-state index in [-0.39, 0.29) is 0 Å². The standard InChI is InChI=1S/C6H8N4/c1-10-4-9-5-2-7-3-8-6(5)10/h2-3,9H,4H2,1H3. The molecule has 0 spiro atoms. The van der Waals surface area contributed by atoms with Gasteiger partial charge in [0.2, 0.25) is 0 Å². The number of anilines is 2. The van der Waals surface area contributed by atoms with Crippen molar-refractivity contribution in [3.8, 4) is 0 Å². The van der Waals surface area contributed by atoms with E-state index in [9.17, 15) is 0 Å². The Bertz CT molecular complexity index is 247. The Morgan fingerprint density at radius 3 is 3.40 bits per heavy atom. The van der Waals surface area contributed by atoms with E-state index < -0.39 is 0 Å². The van der Waals surface area contributed by atoms with Crippen LogP contribution < -0.4 is 10.2 Å². The molecule has 10 heavy (non-hydrogen) atoms. The average Bonchev–Trinajstić information content (AvgIpc) is 2.34. The SMILES string of the molecule is CN1CNc2cncnc21. The third-order valence-electron chi connectivity index (χ3n) is 1.56. The molecule has 1 aliphatic rings. The van der Waals surface area contributed by atoms with Crippen molar-refractivity contribution in [3.05, 3.63) is 12.5 Å². The van der Waals surface area contributed by atoms with Gasteiger partial charge in [0.05, 0.1) is 18.6 Å². The van der Waals surface area contributed by atoms with Crippen molar-refractivity contribution in [2.45, 2.75) is 0 Å². The molecule has 1 aromatic rings. The first-order chi connectivity index (χ1) is 4.88. The summed E-state index contributed by atoms with van der Waals surface area (Å²) >= 11 is 0. The zero-order valence-corrected chi connectivity index (χ0v) is 5.70. The molecule has 0 radical (unpaired) electrons. The molecule has 4 heteroatoms. The molecule has 0 saturated carbocycles. The number of hydrogen-bond acceptors (Lipinski definition) is 4. The summed E-state index contributed by atoms with van der Waals surface area (Å²) < 4.78 is 0. The largest absolute Gasteiger partial charge is 0.363 e. The predicted octanol–water partition coefficient (Wildman–Crippen LogP) is 0.296. The molecule has 2 rings (SSSR count). The average molecular weight is 136 g/mol. The fraction of sp³-hybridized carbons (Fsp3) is 0.333. The van der Waals surface area contributed by atoms with Gasteiger partial charge in [-0.05, 0) is 0 Å². The molecular formula is C6H8N4. The van der Waals surface area contributed by atoms with E-state index in [0.717, 1.165) is 18.2 Å². The summed E-state index contributed by atoms with van der Waals surface area (Å²) in [6.45, 7) is 0.827. The second-order valence-corrected chi connectivity index (χ2v) is 2.29. The summed E-state index contributed by atoms with van der Waals surface area (Å²) in [5, 5.41) is 3.15. The van der Waals surface area contributed by atoms with Crippen molar-refractivity contribution < 1.29 is 0 Å². The minimum Gasteiger partial charge on any atom is -0.363 e. The molecule has 0 saturated heterocycles. The molecule has 2 heterocycles. The van der Waals surface area contributed by atoms with Gasteiger partial charge in [-0.1, -0.05) is 0 Å². The highest BCUT2D eigenvalue weighted by Crippen LogP contribution is 2.24. The van der Waals surface area contributed by atoms with Crippen LogP contribution in [0.5, 0.6) is 0 Å². The lowest BCUT2D eigenvalue weighted by Gasteiger charge is -2.06. The van der Waals surface area contributed by atoms with Gasteiger partial charge in [-0.25, -0.2) is 9.97 Å². The van der Waals surface area contributed by atoms with Gasteiger partial charge in [0, 0.05) is 7.05 Å². The highest BCUT2D eigenvalue weighted by atomic mass is 15.3. The van der Waals surface area contributed by atoms with Crippen LogP contribution >= 0.6 is 0 Å². The van der Waals surface area contributed by atoms with Gasteiger partial charge < -0.3 is 10.2 Å².